The van der Waals surface area contributed by atoms with Crippen molar-refractivity contribution < 1.29 is 27.9 Å². The third-order valence-electron chi connectivity index (χ3n) is 3.60. The summed E-state index contributed by atoms with van der Waals surface area (Å²) in [6.07, 6.45) is -5.90. The van der Waals surface area contributed by atoms with Crippen LogP contribution >= 0.6 is 0 Å². The van der Waals surface area contributed by atoms with E-state index in [2.05, 4.69) is 0 Å². The van der Waals surface area contributed by atoms with Crippen molar-refractivity contribution in [2.45, 2.75) is 24.6 Å². The maximum atomic E-state index is 12.4. The zero-order valence-electron chi connectivity index (χ0n) is 10.4. The Bertz CT molecular complexity index is 365. The molecule has 0 radical (unpaired) electrons. The molecule has 1 aliphatic heterocycles. The highest BCUT2D eigenvalue weighted by Gasteiger charge is 2.49. The number of nitrogens with two attached hydrogens (primary N) is 1. The van der Waals surface area contributed by atoms with Crippen molar-refractivity contribution in [3.63, 3.8) is 0 Å². The van der Waals surface area contributed by atoms with Crippen LogP contribution in [0.4, 0.5) is 18.0 Å². The monoisotopic (exact) mass is 283 g/mol. The largest absolute Gasteiger partial charge is 0.471 e. The fourth-order valence-corrected chi connectivity index (χ4v) is 2.20. The van der Waals surface area contributed by atoms with E-state index >= 15 is 0 Å². The summed E-state index contributed by atoms with van der Waals surface area (Å²) < 4.78 is 37.3. The van der Waals surface area contributed by atoms with Gasteiger partial charge in [0.25, 0.3) is 0 Å². The molecule has 0 aromatic heterocycles. The third kappa shape index (κ3) is 3.09. The maximum Gasteiger partial charge on any atom is 0.471 e. The average Bonchev–Trinajstić information content (AvgIpc) is 2.35. The smallest absolute Gasteiger partial charge is 0.465 e. The topological polar surface area (TPSA) is 86.9 Å². The molecule has 0 aromatic carbocycles. The van der Waals surface area contributed by atoms with Crippen LogP contribution in [-0.4, -0.2) is 65.3 Å². The molecule has 0 atom stereocenters. The number of alkyl halides is 3. The number of hydrogen-bond acceptors (Lipinski definition) is 3. The molecule has 0 saturated carbocycles. The number of amides is 2. The van der Waals surface area contributed by atoms with E-state index < -0.39 is 23.7 Å². The highest BCUT2D eigenvalue weighted by Crippen LogP contribution is 2.30. The molecule has 110 valence electrons. The van der Waals surface area contributed by atoms with E-state index in [0.717, 1.165) is 11.9 Å². The van der Waals surface area contributed by atoms with E-state index in [4.69, 9.17) is 10.8 Å². The Kier molecular flexibility index (Phi) is 4.28. The van der Waals surface area contributed by atoms with Crippen molar-refractivity contribution in [2.75, 3.05) is 26.7 Å². The molecule has 2 amide bonds. The van der Waals surface area contributed by atoms with Crippen LogP contribution in [0.5, 0.6) is 0 Å². The van der Waals surface area contributed by atoms with Gasteiger partial charge in [-0.2, -0.15) is 13.2 Å². The van der Waals surface area contributed by atoms with Crippen LogP contribution in [0.25, 0.3) is 0 Å². The van der Waals surface area contributed by atoms with Crippen LogP contribution < -0.4 is 5.73 Å². The second-order valence-electron chi connectivity index (χ2n) is 4.56. The number of carbonyl (C=O) groups excluding carboxylic acids is 1. The molecule has 9 heteroatoms. The standard InChI is InChI=1S/C10H16F3N3O3/c1-15(7(17)10(11,12)13)9(6-14)2-4-16(5-3-9)8(18)19/h2-6,14H2,1H3,(H,18,19). The Hall–Kier alpha value is -1.51. The summed E-state index contributed by atoms with van der Waals surface area (Å²) in [5.74, 6) is -1.96. The van der Waals surface area contributed by atoms with Gasteiger partial charge in [-0.1, -0.05) is 0 Å². The van der Waals surface area contributed by atoms with E-state index in [1.54, 1.807) is 0 Å². The fourth-order valence-electron chi connectivity index (χ4n) is 2.20. The lowest BCUT2D eigenvalue weighted by molar-refractivity contribution is -0.191. The molecule has 0 aliphatic carbocycles. The summed E-state index contributed by atoms with van der Waals surface area (Å²) in [6.45, 7) is -0.0250. The molecule has 0 spiro atoms. The Morgan fingerprint density at radius 2 is 1.84 bits per heavy atom. The van der Waals surface area contributed by atoms with Crippen LogP contribution in [0.2, 0.25) is 0 Å². The zero-order chi connectivity index (χ0) is 14.8. The third-order valence-corrected chi connectivity index (χ3v) is 3.60. The van der Waals surface area contributed by atoms with Crippen molar-refractivity contribution >= 4 is 12.0 Å². The molecular formula is C10H16F3N3O3. The first kappa shape index (κ1) is 15.5. The van der Waals surface area contributed by atoms with E-state index in [-0.39, 0.29) is 32.5 Å². The lowest BCUT2D eigenvalue weighted by atomic mass is 9.86. The highest BCUT2D eigenvalue weighted by atomic mass is 19.4. The van der Waals surface area contributed by atoms with Crippen LogP contribution in [0.15, 0.2) is 0 Å². The number of nitrogens with zero attached hydrogens (tertiary/aromatic N) is 2. The minimum Gasteiger partial charge on any atom is -0.465 e. The van der Waals surface area contributed by atoms with Gasteiger partial charge in [0.2, 0.25) is 0 Å². The number of carbonyl (C=O) groups is 2. The molecule has 1 aliphatic rings. The number of likely N-dealkylation sites (tertiary alicyclic amines) is 1. The molecule has 1 saturated heterocycles. The minimum absolute atomic E-state index is 0.0576. The Labute approximate surface area is 107 Å². The van der Waals surface area contributed by atoms with E-state index in [1.165, 1.54) is 0 Å². The number of carboxylic acid groups (broad SMARTS) is 1. The van der Waals surface area contributed by atoms with Gasteiger partial charge in [-0.15, -0.1) is 0 Å². The van der Waals surface area contributed by atoms with E-state index in [0.29, 0.717) is 4.90 Å². The van der Waals surface area contributed by atoms with Gasteiger partial charge in [-0.3, -0.25) is 4.79 Å². The molecule has 0 aromatic rings. The number of hydrogen-bond donors (Lipinski definition) is 2. The first-order valence-corrected chi connectivity index (χ1v) is 5.67. The predicted molar refractivity (Wildman–Crippen MR) is 59.4 cm³/mol. The Morgan fingerprint density at radius 3 is 2.16 bits per heavy atom. The molecule has 1 heterocycles. The quantitative estimate of drug-likeness (QED) is 0.771. The first-order chi connectivity index (χ1) is 8.64. The van der Waals surface area contributed by atoms with Gasteiger partial charge in [0, 0.05) is 26.7 Å². The van der Waals surface area contributed by atoms with E-state index in [9.17, 15) is 22.8 Å². The minimum atomic E-state index is -4.96. The van der Waals surface area contributed by atoms with Gasteiger partial charge in [-0.25, -0.2) is 4.79 Å². The lowest BCUT2D eigenvalue weighted by Crippen LogP contribution is -2.62. The van der Waals surface area contributed by atoms with Gasteiger partial charge in [0.1, 0.15) is 0 Å². The first-order valence-electron chi connectivity index (χ1n) is 5.67. The summed E-state index contributed by atoms with van der Waals surface area (Å²) >= 11 is 0. The van der Waals surface area contributed by atoms with Gasteiger partial charge < -0.3 is 20.6 Å². The fraction of sp³-hybridized carbons (Fsp3) is 0.800. The van der Waals surface area contributed by atoms with Crippen LogP contribution in [0, 0.1) is 0 Å². The second-order valence-corrected chi connectivity index (χ2v) is 4.56. The molecule has 1 rings (SSSR count). The Balaban J connectivity index is 2.84. The van der Waals surface area contributed by atoms with Crippen molar-refractivity contribution in [1.29, 1.82) is 0 Å². The normalized spacial score (nSPS) is 19.1. The summed E-state index contributed by atoms with van der Waals surface area (Å²) in [6, 6.07) is 0. The number of halogens is 3. The van der Waals surface area contributed by atoms with Crippen molar-refractivity contribution in [3.8, 4) is 0 Å². The van der Waals surface area contributed by atoms with Gasteiger partial charge in [0.05, 0.1) is 5.54 Å². The molecule has 3 N–H and O–H groups in total. The summed E-state index contributed by atoms with van der Waals surface area (Å²) in [5, 5.41) is 8.79. The molecule has 1 fully saturated rings. The van der Waals surface area contributed by atoms with Crippen molar-refractivity contribution in [1.82, 2.24) is 9.80 Å². The average molecular weight is 283 g/mol. The van der Waals surface area contributed by atoms with Crippen LogP contribution in [-0.2, 0) is 4.79 Å². The molecule has 0 bridgehead atoms. The van der Waals surface area contributed by atoms with E-state index in [1.807, 2.05) is 0 Å². The van der Waals surface area contributed by atoms with Crippen LogP contribution in [0.3, 0.4) is 0 Å². The van der Waals surface area contributed by atoms with Crippen molar-refractivity contribution in [2.24, 2.45) is 5.73 Å². The second kappa shape index (κ2) is 5.24. The molecule has 0 unspecified atom stereocenters. The SMILES string of the molecule is CN(C(=O)C(F)(F)F)C1(CN)CCN(C(=O)O)CC1. The highest BCUT2D eigenvalue weighted by molar-refractivity contribution is 5.82. The van der Waals surface area contributed by atoms with Gasteiger partial charge in [-0.05, 0) is 12.8 Å². The predicted octanol–water partition coefficient (Wildman–Crippen LogP) is 0.478. The summed E-state index contributed by atoms with van der Waals surface area (Å²) in [4.78, 5) is 23.7. The van der Waals surface area contributed by atoms with Crippen molar-refractivity contribution in [3.05, 3.63) is 0 Å². The molecular weight excluding hydrogens is 267 g/mol. The zero-order valence-corrected chi connectivity index (χ0v) is 10.4. The number of rotatable bonds is 2. The lowest BCUT2D eigenvalue weighted by Gasteiger charge is -2.46. The summed E-state index contributed by atoms with van der Waals surface area (Å²) in [5.41, 5.74) is 4.37. The Morgan fingerprint density at radius 1 is 1.37 bits per heavy atom. The summed E-state index contributed by atoms with van der Waals surface area (Å²) in [7, 11) is 1.05. The number of piperidine rings is 1. The van der Waals surface area contributed by atoms with Gasteiger partial charge in [0.15, 0.2) is 0 Å². The molecule has 19 heavy (non-hydrogen) atoms. The van der Waals surface area contributed by atoms with Crippen LogP contribution in [0.1, 0.15) is 12.8 Å². The number of likely N-dealkylation sites (N-methyl/N-ethyl adjacent to an activating group) is 1. The maximum absolute atomic E-state index is 12.4. The van der Waals surface area contributed by atoms with Gasteiger partial charge >= 0.3 is 18.2 Å². The molecule has 6 nitrogen and oxygen atoms in total.